The van der Waals surface area contributed by atoms with Crippen LogP contribution in [0.15, 0.2) is 53.3 Å². The van der Waals surface area contributed by atoms with Gasteiger partial charge in [0.15, 0.2) is 11.6 Å². The number of aromatic nitrogens is 2. The van der Waals surface area contributed by atoms with Crippen LogP contribution in [0.1, 0.15) is 71.0 Å². The maximum Gasteiger partial charge on any atom is 0.254 e. The molecule has 8 nitrogen and oxygen atoms in total. The standard InChI is InChI=1S/C28H30F2N4O4/c1-4-19(15-35)33-27(36)18-6-7-20-23(12-18)34(14-24-31-9-10-38-24)26(16(2)3)25(20)28(37)32-13-17-5-8-21(29)22(30)11-17/h5-12,16,19,35H,4,13-15H2,1-3H3,(H,32,37)(H,33,36)/t19-/m0/s1. The Kier molecular flexibility index (Phi) is 8.21. The van der Waals surface area contributed by atoms with Crippen molar-refractivity contribution in [1.82, 2.24) is 20.2 Å². The van der Waals surface area contributed by atoms with Crippen LogP contribution in [0.2, 0.25) is 0 Å². The summed E-state index contributed by atoms with van der Waals surface area (Å²) in [4.78, 5) is 30.7. The Balaban J connectivity index is 1.77. The van der Waals surface area contributed by atoms with Crippen LogP contribution in [-0.4, -0.2) is 39.1 Å². The lowest BCUT2D eigenvalue weighted by Crippen LogP contribution is -2.36. The van der Waals surface area contributed by atoms with Crippen LogP contribution in [0.25, 0.3) is 10.9 Å². The number of halogens is 2. The molecule has 200 valence electrons. The van der Waals surface area contributed by atoms with Crippen molar-refractivity contribution in [3.63, 3.8) is 0 Å². The number of nitrogens with zero attached hydrogens (tertiary/aromatic N) is 2. The van der Waals surface area contributed by atoms with Crippen molar-refractivity contribution in [2.75, 3.05) is 6.61 Å². The fourth-order valence-corrected chi connectivity index (χ4v) is 4.45. The molecule has 4 rings (SSSR count). The Morgan fingerprint density at radius 3 is 2.53 bits per heavy atom. The molecule has 0 aliphatic heterocycles. The van der Waals surface area contributed by atoms with E-state index in [1.807, 2.05) is 25.3 Å². The molecule has 4 aromatic rings. The normalized spacial score (nSPS) is 12.2. The maximum absolute atomic E-state index is 13.7. The average molecular weight is 525 g/mol. The minimum atomic E-state index is -0.987. The summed E-state index contributed by atoms with van der Waals surface area (Å²) >= 11 is 0. The third-order valence-corrected chi connectivity index (χ3v) is 6.40. The molecule has 0 unspecified atom stereocenters. The lowest BCUT2D eigenvalue weighted by Gasteiger charge is -2.15. The van der Waals surface area contributed by atoms with Gasteiger partial charge in [-0.25, -0.2) is 13.8 Å². The molecular formula is C28H30F2N4O4. The van der Waals surface area contributed by atoms with Crippen molar-refractivity contribution >= 4 is 22.7 Å². The molecule has 0 saturated carbocycles. The molecule has 2 aromatic heterocycles. The van der Waals surface area contributed by atoms with Crippen molar-refractivity contribution in [3.8, 4) is 0 Å². The molecule has 2 heterocycles. The predicted molar refractivity (Wildman–Crippen MR) is 138 cm³/mol. The van der Waals surface area contributed by atoms with E-state index in [9.17, 15) is 23.5 Å². The van der Waals surface area contributed by atoms with Gasteiger partial charge in [0.2, 0.25) is 5.89 Å². The average Bonchev–Trinajstić information content (AvgIpc) is 3.53. The first-order valence-corrected chi connectivity index (χ1v) is 12.4. The summed E-state index contributed by atoms with van der Waals surface area (Å²) in [6, 6.07) is 8.16. The van der Waals surface area contributed by atoms with Gasteiger partial charge in [0.1, 0.15) is 6.26 Å². The third-order valence-electron chi connectivity index (χ3n) is 6.40. The number of fused-ring (bicyclic) bond motifs is 1. The van der Waals surface area contributed by atoms with E-state index in [0.717, 1.165) is 12.1 Å². The molecule has 38 heavy (non-hydrogen) atoms. The van der Waals surface area contributed by atoms with E-state index in [2.05, 4.69) is 15.6 Å². The van der Waals surface area contributed by atoms with E-state index < -0.39 is 17.5 Å². The zero-order chi connectivity index (χ0) is 27.4. The molecule has 0 saturated heterocycles. The van der Waals surface area contributed by atoms with Crippen molar-refractivity contribution in [2.24, 2.45) is 0 Å². The first kappa shape index (κ1) is 27.0. The fraction of sp³-hybridized carbons (Fsp3) is 0.321. The molecule has 0 fully saturated rings. The molecule has 1 atom stereocenters. The van der Waals surface area contributed by atoms with E-state index in [-0.39, 0.29) is 37.6 Å². The van der Waals surface area contributed by atoms with Crippen LogP contribution in [0.5, 0.6) is 0 Å². The predicted octanol–water partition coefficient (Wildman–Crippen LogP) is 4.51. The van der Waals surface area contributed by atoms with Crippen molar-refractivity contribution < 1.29 is 27.9 Å². The SMILES string of the molecule is CC[C@@H](CO)NC(=O)c1ccc2c(C(=O)NCc3ccc(F)c(F)c3)c(C(C)C)n(Cc3ncco3)c2c1. The summed E-state index contributed by atoms with van der Waals surface area (Å²) in [5, 5.41) is 15.7. The summed E-state index contributed by atoms with van der Waals surface area (Å²) in [5.74, 6) is -2.35. The number of hydrogen-bond donors (Lipinski definition) is 3. The summed E-state index contributed by atoms with van der Waals surface area (Å²) in [5.41, 5.74) is 2.55. The zero-order valence-electron chi connectivity index (χ0n) is 21.4. The van der Waals surface area contributed by atoms with Crippen LogP contribution >= 0.6 is 0 Å². The second kappa shape index (κ2) is 11.6. The highest BCUT2D eigenvalue weighted by Crippen LogP contribution is 2.33. The van der Waals surface area contributed by atoms with E-state index in [1.165, 1.54) is 18.5 Å². The van der Waals surface area contributed by atoms with E-state index in [4.69, 9.17) is 4.42 Å². The number of amides is 2. The van der Waals surface area contributed by atoms with E-state index in [0.29, 0.717) is 45.6 Å². The molecule has 0 aliphatic rings. The molecular weight excluding hydrogens is 494 g/mol. The Hall–Kier alpha value is -4.05. The lowest BCUT2D eigenvalue weighted by molar-refractivity contribution is 0.0913. The van der Waals surface area contributed by atoms with Crippen molar-refractivity contribution in [1.29, 1.82) is 0 Å². The molecule has 2 aromatic carbocycles. The summed E-state index contributed by atoms with van der Waals surface area (Å²) in [6.45, 7) is 5.82. The first-order valence-electron chi connectivity index (χ1n) is 12.4. The third kappa shape index (κ3) is 5.60. The minimum absolute atomic E-state index is 0.0000365. The van der Waals surface area contributed by atoms with Gasteiger partial charge < -0.3 is 24.7 Å². The van der Waals surface area contributed by atoms with Crippen molar-refractivity contribution in [3.05, 3.63) is 88.8 Å². The Bertz CT molecular complexity index is 1440. The monoisotopic (exact) mass is 524 g/mol. The number of nitrogens with one attached hydrogen (secondary N) is 2. The van der Waals surface area contributed by atoms with Gasteiger partial charge in [-0.2, -0.15) is 0 Å². The van der Waals surface area contributed by atoms with Crippen LogP contribution < -0.4 is 10.6 Å². The number of hydrogen-bond acceptors (Lipinski definition) is 5. The van der Waals surface area contributed by atoms with Gasteiger partial charge in [-0.1, -0.05) is 32.9 Å². The second-order valence-electron chi connectivity index (χ2n) is 9.35. The number of rotatable bonds is 10. The first-order chi connectivity index (χ1) is 18.2. The summed E-state index contributed by atoms with van der Waals surface area (Å²) in [6.07, 6.45) is 3.57. The van der Waals surface area contributed by atoms with Gasteiger partial charge in [0, 0.05) is 23.2 Å². The largest absolute Gasteiger partial charge is 0.447 e. The topological polar surface area (TPSA) is 109 Å². The van der Waals surface area contributed by atoms with Crippen LogP contribution in [-0.2, 0) is 13.1 Å². The molecule has 0 radical (unpaired) electrons. The van der Waals surface area contributed by atoms with Crippen LogP contribution in [0, 0.1) is 11.6 Å². The number of carbonyl (C=O) groups excluding carboxylic acids is 2. The van der Waals surface area contributed by atoms with Gasteiger partial charge in [-0.3, -0.25) is 9.59 Å². The number of aliphatic hydroxyl groups excluding tert-OH is 1. The number of carbonyl (C=O) groups is 2. The van der Waals surface area contributed by atoms with Gasteiger partial charge in [-0.05, 0) is 42.2 Å². The van der Waals surface area contributed by atoms with Crippen molar-refractivity contribution in [2.45, 2.75) is 52.2 Å². The van der Waals surface area contributed by atoms with Gasteiger partial charge in [0.25, 0.3) is 11.8 Å². The molecule has 10 heteroatoms. The number of aliphatic hydroxyl groups is 1. The maximum atomic E-state index is 13.7. The molecule has 3 N–H and O–H groups in total. The quantitative estimate of drug-likeness (QED) is 0.283. The highest BCUT2D eigenvalue weighted by molar-refractivity contribution is 6.10. The van der Waals surface area contributed by atoms with Gasteiger partial charge >= 0.3 is 0 Å². The Morgan fingerprint density at radius 1 is 1.11 bits per heavy atom. The smallest absolute Gasteiger partial charge is 0.254 e. The highest BCUT2D eigenvalue weighted by Gasteiger charge is 2.26. The number of benzene rings is 2. The minimum Gasteiger partial charge on any atom is -0.447 e. The summed E-state index contributed by atoms with van der Waals surface area (Å²) < 4.78 is 34.4. The van der Waals surface area contributed by atoms with E-state index in [1.54, 1.807) is 18.2 Å². The lowest BCUT2D eigenvalue weighted by atomic mass is 10.0. The van der Waals surface area contributed by atoms with Crippen LogP contribution in [0.3, 0.4) is 0 Å². The Labute approximate surface area is 218 Å². The number of oxazole rings is 1. The fourth-order valence-electron chi connectivity index (χ4n) is 4.45. The van der Waals surface area contributed by atoms with Crippen LogP contribution in [0.4, 0.5) is 8.78 Å². The van der Waals surface area contributed by atoms with E-state index >= 15 is 0 Å². The molecule has 0 bridgehead atoms. The molecule has 0 spiro atoms. The molecule has 0 aliphatic carbocycles. The summed E-state index contributed by atoms with van der Waals surface area (Å²) in [7, 11) is 0. The molecule has 2 amide bonds. The van der Waals surface area contributed by atoms with Gasteiger partial charge in [0.05, 0.1) is 36.5 Å². The Morgan fingerprint density at radius 2 is 1.89 bits per heavy atom. The van der Waals surface area contributed by atoms with Gasteiger partial charge in [-0.15, -0.1) is 0 Å². The zero-order valence-corrected chi connectivity index (χ0v) is 21.4. The highest BCUT2D eigenvalue weighted by atomic mass is 19.2. The second-order valence-corrected chi connectivity index (χ2v) is 9.35.